The topological polar surface area (TPSA) is 93.1 Å². The standard InChI is InChI=1S/C18H23ClN6S/c1-3-22-12-5-4-6-13(15(12)19)26-17-16(20)24-14(11-23-17)25-9-7-18(2,21)8-10-25/h3-6,11,22H,1,7-10,21H2,2H3,(H2,20,24). The molecule has 0 spiro atoms. The zero-order valence-corrected chi connectivity index (χ0v) is 16.3. The van der Waals surface area contributed by atoms with Gasteiger partial charge in [-0.2, -0.15) is 0 Å². The van der Waals surface area contributed by atoms with E-state index in [0.717, 1.165) is 42.3 Å². The first-order chi connectivity index (χ1) is 12.4. The van der Waals surface area contributed by atoms with E-state index in [1.165, 1.54) is 11.8 Å². The largest absolute Gasteiger partial charge is 0.381 e. The SMILES string of the molecule is C=CNc1cccc(Sc2ncc(N3CCC(C)(N)CC3)nc2N)c1Cl. The van der Waals surface area contributed by atoms with E-state index < -0.39 is 0 Å². The molecule has 1 fully saturated rings. The third kappa shape index (κ3) is 4.23. The first kappa shape index (κ1) is 18.8. The first-order valence-electron chi connectivity index (χ1n) is 8.40. The Bertz CT molecular complexity index is 800. The molecule has 6 nitrogen and oxygen atoms in total. The molecule has 0 radical (unpaired) electrons. The van der Waals surface area contributed by atoms with Crippen molar-refractivity contribution in [1.82, 2.24) is 9.97 Å². The van der Waals surface area contributed by atoms with Crippen LogP contribution < -0.4 is 21.7 Å². The molecule has 1 saturated heterocycles. The molecule has 138 valence electrons. The van der Waals surface area contributed by atoms with Crippen LogP contribution in [-0.4, -0.2) is 28.6 Å². The number of aromatic nitrogens is 2. The summed E-state index contributed by atoms with van der Waals surface area (Å²) in [6, 6.07) is 5.71. The second-order valence-electron chi connectivity index (χ2n) is 6.63. The van der Waals surface area contributed by atoms with E-state index in [9.17, 15) is 0 Å². The highest BCUT2D eigenvalue weighted by Gasteiger charge is 2.27. The number of hydrogen-bond donors (Lipinski definition) is 3. The number of benzene rings is 1. The lowest BCUT2D eigenvalue weighted by Gasteiger charge is -2.37. The van der Waals surface area contributed by atoms with Crippen molar-refractivity contribution in [2.24, 2.45) is 5.73 Å². The number of nitrogen functional groups attached to an aromatic ring is 1. The molecule has 3 rings (SSSR count). The molecule has 2 aromatic rings. The number of rotatable bonds is 5. The summed E-state index contributed by atoms with van der Waals surface area (Å²) < 4.78 is 0. The molecule has 0 bridgehead atoms. The van der Waals surface area contributed by atoms with Gasteiger partial charge in [0.2, 0.25) is 0 Å². The molecule has 1 aromatic carbocycles. The number of nitrogens with one attached hydrogen (secondary N) is 1. The van der Waals surface area contributed by atoms with Crippen LogP contribution in [-0.2, 0) is 0 Å². The van der Waals surface area contributed by atoms with Gasteiger partial charge in [0.05, 0.1) is 16.9 Å². The van der Waals surface area contributed by atoms with Gasteiger partial charge in [0.1, 0.15) is 10.8 Å². The maximum absolute atomic E-state index is 6.43. The van der Waals surface area contributed by atoms with Crippen LogP contribution in [0.1, 0.15) is 19.8 Å². The lowest BCUT2D eigenvalue weighted by atomic mass is 9.91. The van der Waals surface area contributed by atoms with Crippen LogP contribution in [0.2, 0.25) is 5.02 Å². The van der Waals surface area contributed by atoms with Crippen molar-refractivity contribution < 1.29 is 0 Å². The molecule has 0 aliphatic carbocycles. The van der Waals surface area contributed by atoms with Gasteiger partial charge in [-0.15, -0.1) is 0 Å². The van der Waals surface area contributed by atoms with Gasteiger partial charge in [-0.05, 0) is 38.1 Å². The summed E-state index contributed by atoms with van der Waals surface area (Å²) in [6.07, 6.45) is 5.19. The molecule has 0 saturated carbocycles. The van der Waals surface area contributed by atoms with Crippen molar-refractivity contribution in [2.75, 3.05) is 29.0 Å². The maximum Gasteiger partial charge on any atom is 0.158 e. The van der Waals surface area contributed by atoms with Gasteiger partial charge in [-0.3, -0.25) is 0 Å². The minimum Gasteiger partial charge on any atom is -0.381 e. The summed E-state index contributed by atoms with van der Waals surface area (Å²) in [5.41, 5.74) is 13.0. The molecule has 2 heterocycles. The average Bonchev–Trinajstić information content (AvgIpc) is 2.60. The van der Waals surface area contributed by atoms with Crippen LogP contribution in [0, 0.1) is 0 Å². The van der Waals surface area contributed by atoms with Gasteiger partial charge >= 0.3 is 0 Å². The normalized spacial score (nSPS) is 16.3. The summed E-state index contributed by atoms with van der Waals surface area (Å²) >= 11 is 7.82. The molecule has 0 amide bonds. The van der Waals surface area contributed by atoms with E-state index in [-0.39, 0.29) is 5.54 Å². The number of halogens is 1. The van der Waals surface area contributed by atoms with Crippen molar-refractivity contribution in [3.05, 3.63) is 42.2 Å². The van der Waals surface area contributed by atoms with E-state index in [2.05, 4.69) is 33.7 Å². The summed E-state index contributed by atoms with van der Waals surface area (Å²) in [4.78, 5) is 12.1. The van der Waals surface area contributed by atoms with Crippen molar-refractivity contribution in [1.29, 1.82) is 0 Å². The molecule has 0 atom stereocenters. The number of nitrogens with two attached hydrogens (primary N) is 2. The monoisotopic (exact) mass is 390 g/mol. The Balaban J connectivity index is 1.77. The van der Waals surface area contributed by atoms with E-state index in [1.807, 2.05) is 18.2 Å². The zero-order valence-electron chi connectivity index (χ0n) is 14.7. The van der Waals surface area contributed by atoms with Crippen molar-refractivity contribution in [3.8, 4) is 0 Å². The molecule has 8 heteroatoms. The molecular weight excluding hydrogens is 368 g/mol. The molecular formula is C18H23ClN6S. The predicted octanol–water partition coefficient (Wildman–Crippen LogP) is 3.74. The fourth-order valence-corrected chi connectivity index (χ4v) is 3.88. The molecule has 5 N–H and O–H groups in total. The average molecular weight is 391 g/mol. The fraction of sp³-hybridized carbons (Fsp3) is 0.333. The lowest BCUT2D eigenvalue weighted by molar-refractivity contribution is 0.363. The Kier molecular flexibility index (Phi) is 5.60. The van der Waals surface area contributed by atoms with Gasteiger partial charge in [0.15, 0.2) is 5.82 Å². The van der Waals surface area contributed by atoms with Gasteiger partial charge in [-0.1, -0.05) is 36.0 Å². The summed E-state index contributed by atoms with van der Waals surface area (Å²) in [6.45, 7) is 7.45. The van der Waals surface area contributed by atoms with Gasteiger partial charge in [0.25, 0.3) is 0 Å². The van der Waals surface area contributed by atoms with Gasteiger partial charge < -0.3 is 21.7 Å². The highest BCUT2D eigenvalue weighted by molar-refractivity contribution is 7.99. The molecule has 1 aliphatic rings. The van der Waals surface area contributed by atoms with E-state index in [0.29, 0.717) is 15.9 Å². The van der Waals surface area contributed by atoms with Crippen LogP contribution in [0.25, 0.3) is 0 Å². The van der Waals surface area contributed by atoms with Gasteiger partial charge in [0, 0.05) is 23.5 Å². The Hall–Kier alpha value is -1.96. The molecule has 26 heavy (non-hydrogen) atoms. The van der Waals surface area contributed by atoms with Crippen LogP contribution in [0.3, 0.4) is 0 Å². The second kappa shape index (κ2) is 7.73. The number of piperidine rings is 1. The van der Waals surface area contributed by atoms with Crippen LogP contribution in [0.15, 0.2) is 47.1 Å². The quantitative estimate of drug-likeness (QED) is 0.715. The Labute approximate surface area is 163 Å². The minimum atomic E-state index is -0.105. The predicted molar refractivity (Wildman–Crippen MR) is 110 cm³/mol. The molecule has 1 aliphatic heterocycles. The Morgan fingerprint density at radius 2 is 2.12 bits per heavy atom. The van der Waals surface area contributed by atoms with Crippen LogP contribution >= 0.6 is 23.4 Å². The third-order valence-electron chi connectivity index (χ3n) is 4.41. The lowest BCUT2D eigenvalue weighted by Crippen LogP contribution is -2.48. The van der Waals surface area contributed by atoms with E-state index in [4.69, 9.17) is 23.1 Å². The fourth-order valence-electron chi connectivity index (χ4n) is 2.78. The van der Waals surface area contributed by atoms with Crippen molar-refractivity contribution in [2.45, 2.75) is 35.2 Å². The highest BCUT2D eigenvalue weighted by Crippen LogP contribution is 2.38. The van der Waals surface area contributed by atoms with Crippen LogP contribution in [0.5, 0.6) is 0 Å². The highest BCUT2D eigenvalue weighted by atomic mass is 35.5. The Morgan fingerprint density at radius 1 is 1.38 bits per heavy atom. The molecule has 1 aromatic heterocycles. The Morgan fingerprint density at radius 3 is 2.77 bits per heavy atom. The maximum atomic E-state index is 6.43. The number of nitrogens with zero attached hydrogens (tertiary/aromatic N) is 3. The number of anilines is 3. The minimum absolute atomic E-state index is 0.105. The summed E-state index contributed by atoms with van der Waals surface area (Å²) in [5.74, 6) is 1.18. The first-order valence-corrected chi connectivity index (χ1v) is 9.59. The van der Waals surface area contributed by atoms with Crippen molar-refractivity contribution >= 4 is 40.7 Å². The number of hydrogen-bond acceptors (Lipinski definition) is 7. The van der Waals surface area contributed by atoms with Crippen LogP contribution in [0.4, 0.5) is 17.3 Å². The van der Waals surface area contributed by atoms with Crippen molar-refractivity contribution in [3.63, 3.8) is 0 Å². The van der Waals surface area contributed by atoms with Gasteiger partial charge in [-0.25, -0.2) is 9.97 Å². The van der Waals surface area contributed by atoms with E-state index in [1.54, 1.807) is 12.4 Å². The summed E-state index contributed by atoms with van der Waals surface area (Å²) in [5, 5.41) is 4.24. The zero-order chi connectivity index (χ0) is 18.7. The third-order valence-corrected chi connectivity index (χ3v) is 6.00. The smallest absolute Gasteiger partial charge is 0.158 e. The second-order valence-corrected chi connectivity index (χ2v) is 8.04. The summed E-state index contributed by atoms with van der Waals surface area (Å²) in [7, 11) is 0. The molecule has 0 unspecified atom stereocenters. The van der Waals surface area contributed by atoms with E-state index >= 15 is 0 Å².